The van der Waals surface area contributed by atoms with Crippen LogP contribution < -0.4 is 11.3 Å². The normalized spacial score (nSPS) is 11.0. The second-order valence-corrected chi connectivity index (χ2v) is 8.66. The van der Waals surface area contributed by atoms with Crippen LogP contribution in [-0.2, 0) is 24.9 Å². The maximum absolute atomic E-state index is 12.2. The number of aromatic amines is 1. The average Bonchev–Trinajstić information content (AvgIpc) is 3.39. The highest BCUT2D eigenvalue weighted by Gasteiger charge is 2.22. The van der Waals surface area contributed by atoms with Gasteiger partial charge in [0.05, 0.1) is 40.0 Å². The summed E-state index contributed by atoms with van der Waals surface area (Å²) < 4.78 is 8.16. The lowest BCUT2D eigenvalue weighted by molar-refractivity contribution is 0.186. The van der Waals surface area contributed by atoms with E-state index in [4.69, 9.17) is 10.5 Å². The molecule has 3 N–H and O–H groups in total. The fourth-order valence-electron chi connectivity index (χ4n) is 4.19. The highest BCUT2D eigenvalue weighted by atomic mass is 35.5. The van der Waals surface area contributed by atoms with Gasteiger partial charge >= 0.3 is 0 Å². The van der Waals surface area contributed by atoms with Crippen LogP contribution in [0.3, 0.4) is 0 Å². The van der Waals surface area contributed by atoms with Crippen molar-refractivity contribution in [3.63, 3.8) is 0 Å². The summed E-state index contributed by atoms with van der Waals surface area (Å²) in [5.41, 5.74) is 10.4. The van der Waals surface area contributed by atoms with E-state index in [1.54, 1.807) is 35.4 Å². The second-order valence-electron chi connectivity index (χ2n) is 7.64. The first-order valence-electron chi connectivity index (χ1n) is 10.2. The van der Waals surface area contributed by atoms with Gasteiger partial charge in [0.15, 0.2) is 0 Å². The van der Waals surface area contributed by atoms with Gasteiger partial charge in [0.1, 0.15) is 6.07 Å². The summed E-state index contributed by atoms with van der Waals surface area (Å²) in [6.07, 6.45) is 1.78. The van der Waals surface area contributed by atoms with Crippen molar-refractivity contribution < 1.29 is 4.74 Å². The number of fused-ring (bicyclic) bond motifs is 2. The van der Waals surface area contributed by atoms with E-state index in [-0.39, 0.29) is 24.5 Å². The number of ether oxygens (including phenoxy) is 1. The summed E-state index contributed by atoms with van der Waals surface area (Å²) in [4.78, 5) is 13.1. The SMILES string of the molecule is COCc1cccc2c(C#N)c(-c3c(-c4ccc5c(=O)[nH]nc(CN)c5c4)cnn3C)sc12.Cl. The zero-order valence-electron chi connectivity index (χ0n) is 18.5. The van der Waals surface area contributed by atoms with E-state index >= 15 is 0 Å². The van der Waals surface area contributed by atoms with Crippen molar-refractivity contribution in [1.82, 2.24) is 20.0 Å². The van der Waals surface area contributed by atoms with Crippen LogP contribution in [0.4, 0.5) is 0 Å². The highest BCUT2D eigenvalue weighted by Crippen LogP contribution is 2.43. The van der Waals surface area contributed by atoms with Gasteiger partial charge in [0.25, 0.3) is 5.56 Å². The van der Waals surface area contributed by atoms with E-state index in [1.165, 1.54) is 0 Å². The lowest BCUT2D eigenvalue weighted by Crippen LogP contribution is -2.13. The number of aryl methyl sites for hydroxylation is 1. The summed E-state index contributed by atoms with van der Waals surface area (Å²) in [5, 5.41) is 23.3. The molecule has 172 valence electrons. The number of hydrogen-bond donors (Lipinski definition) is 2. The standard InChI is InChI=1S/C24H20N6O2S.ClH/c1-30-21(23-18(9-25)15-5-3-4-14(12-32-2)22(15)33-23)19(11-27-30)13-6-7-16-17(8-13)20(10-26)28-29-24(16)31;/h3-8,11H,10,12,26H2,1-2H3,(H,29,31);1H. The van der Waals surface area contributed by atoms with Crippen molar-refractivity contribution >= 4 is 44.6 Å². The number of halogens is 1. The molecule has 5 rings (SSSR count). The number of hydrogen-bond acceptors (Lipinski definition) is 7. The zero-order chi connectivity index (χ0) is 23.1. The molecule has 0 aliphatic rings. The van der Waals surface area contributed by atoms with Gasteiger partial charge in [-0.05, 0) is 23.3 Å². The summed E-state index contributed by atoms with van der Waals surface area (Å²) in [7, 11) is 3.52. The summed E-state index contributed by atoms with van der Waals surface area (Å²) in [6.45, 7) is 0.669. The van der Waals surface area contributed by atoms with Crippen molar-refractivity contribution in [1.29, 1.82) is 5.26 Å². The van der Waals surface area contributed by atoms with Gasteiger partial charge in [-0.25, -0.2) is 5.10 Å². The molecule has 5 aromatic rings. The smallest absolute Gasteiger partial charge is 0.272 e. The Bertz CT molecular complexity index is 1630. The van der Waals surface area contributed by atoms with Crippen LogP contribution in [0.2, 0.25) is 0 Å². The van der Waals surface area contributed by atoms with Gasteiger partial charge in [-0.1, -0.05) is 24.3 Å². The molecule has 0 bridgehead atoms. The Hall–Kier alpha value is -3.55. The third-order valence-corrected chi connectivity index (χ3v) is 7.02. The third kappa shape index (κ3) is 3.67. The fourth-order valence-corrected chi connectivity index (χ4v) is 5.52. The average molecular weight is 493 g/mol. The molecule has 0 fully saturated rings. The first-order chi connectivity index (χ1) is 16.1. The van der Waals surface area contributed by atoms with Crippen LogP contribution in [0, 0.1) is 11.3 Å². The predicted octanol–water partition coefficient (Wildman–Crippen LogP) is 4.10. The van der Waals surface area contributed by atoms with Gasteiger partial charge in [0, 0.05) is 41.7 Å². The van der Waals surface area contributed by atoms with Crippen molar-refractivity contribution in [2.75, 3.05) is 7.11 Å². The molecular weight excluding hydrogens is 472 g/mol. The van der Waals surface area contributed by atoms with Gasteiger partial charge in [0.2, 0.25) is 0 Å². The molecular formula is C24H21ClN6O2S. The number of nitrogens with zero attached hydrogens (tertiary/aromatic N) is 4. The molecule has 0 aliphatic carbocycles. The van der Waals surface area contributed by atoms with E-state index in [1.807, 2.05) is 37.4 Å². The Labute approximate surface area is 205 Å². The minimum absolute atomic E-state index is 0. The van der Waals surface area contributed by atoms with E-state index in [0.29, 0.717) is 28.6 Å². The lowest BCUT2D eigenvalue weighted by Gasteiger charge is -2.08. The molecule has 3 heterocycles. The summed E-state index contributed by atoms with van der Waals surface area (Å²) >= 11 is 1.56. The van der Waals surface area contributed by atoms with Crippen molar-refractivity contribution in [2.24, 2.45) is 12.8 Å². The maximum Gasteiger partial charge on any atom is 0.272 e. The highest BCUT2D eigenvalue weighted by molar-refractivity contribution is 7.22. The molecule has 3 aromatic heterocycles. The Morgan fingerprint density at radius 3 is 2.79 bits per heavy atom. The predicted molar refractivity (Wildman–Crippen MR) is 136 cm³/mol. The Morgan fingerprint density at radius 1 is 1.24 bits per heavy atom. The van der Waals surface area contributed by atoms with Crippen LogP contribution in [0.25, 0.3) is 42.6 Å². The molecule has 0 aliphatic heterocycles. The molecule has 10 heteroatoms. The number of aromatic nitrogens is 4. The van der Waals surface area contributed by atoms with Gasteiger partial charge in [-0.2, -0.15) is 15.5 Å². The number of thiophene rings is 1. The second kappa shape index (κ2) is 9.37. The Balaban J connectivity index is 0.00000274. The van der Waals surface area contributed by atoms with E-state index in [0.717, 1.165) is 37.3 Å². The number of benzene rings is 2. The summed E-state index contributed by atoms with van der Waals surface area (Å²) in [5.74, 6) is 0. The molecule has 0 unspecified atom stereocenters. The van der Waals surface area contributed by atoms with E-state index < -0.39 is 0 Å². The van der Waals surface area contributed by atoms with Crippen LogP contribution in [0.5, 0.6) is 0 Å². The molecule has 34 heavy (non-hydrogen) atoms. The molecule has 0 saturated heterocycles. The quantitative estimate of drug-likeness (QED) is 0.380. The van der Waals surface area contributed by atoms with E-state index in [9.17, 15) is 10.1 Å². The number of rotatable bonds is 5. The molecule has 0 spiro atoms. The van der Waals surface area contributed by atoms with E-state index in [2.05, 4.69) is 21.4 Å². The van der Waals surface area contributed by atoms with Crippen LogP contribution in [0.15, 0.2) is 47.4 Å². The van der Waals surface area contributed by atoms with Crippen LogP contribution in [0.1, 0.15) is 16.8 Å². The Morgan fingerprint density at radius 2 is 2.06 bits per heavy atom. The lowest BCUT2D eigenvalue weighted by atomic mass is 9.99. The van der Waals surface area contributed by atoms with Gasteiger partial charge in [-0.3, -0.25) is 9.48 Å². The maximum atomic E-state index is 12.2. The molecule has 8 nitrogen and oxygen atoms in total. The number of nitriles is 1. The van der Waals surface area contributed by atoms with Gasteiger partial charge < -0.3 is 10.5 Å². The Kier molecular flexibility index (Phi) is 6.50. The van der Waals surface area contributed by atoms with Crippen molar-refractivity contribution in [2.45, 2.75) is 13.2 Å². The van der Waals surface area contributed by atoms with Gasteiger partial charge in [-0.15, -0.1) is 23.7 Å². The number of H-pyrrole nitrogens is 1. The third-order valence-electron chi connectivity index (χ3n) is 5.73. The summed E-state index contributed by atoms with van der Waals surface area (Å²) in [6, 6.07) is 13.9. The topological polar surface area (TPSA) is 123 Å². The van der Waals surface area contributed by atoms with Crippen molar-refractivity contribution in [3.05, 3.63) is 69.8 Å². The first kappa shape index (κ1) is 23.6. The molecule has 0 radical (unpaired) electrons. The molecule has 0 amide bonds. The van der Waals surface area contributed by atoms with Crippen molar-refractivity contribution in [3.8, 4) is 27.8 Å². The monoisotopic (exact) mass is 492 g/mol. The minimum atomic E-state index is -0.262. The first-order valence-corrected chi connectivity index (χ1v) is 11.1. The largest absolute Gasteiger partial charge is 0.380 e. The van der Waals surface area contributed by atoms with Crippen LogP contribution in [-0.4, -0.2) is 27.1 Å². The number of methoxy groups -OCH3 is 1. The molecule has 2 aromatic carbocycles. The number of nitrogens with one attached hydrogen (secondary N) is 1. The molecule has 0 atom stereocenters. The van der Waals surface area contributed by atoms with Crippen LogP contribution >= 0.6 is 23.7 Å². The number of nitrogens with two attached hydrogens (primary N) is 1. The fraction of sp³-hybridized carbons (Fsp3) is 0.167. The minimum Gasteiger partial charge on any atom is -0.380 e. The molecule has 0 saturated carbocycles. The zero-order valence-corrected chi connectivity index (χ0v) is 20.1.